The Balaban J connectivity index is 2.08. The summed E-state index contributed by atoms with van der Waals surface area (Å²) in [7, 11) is 0. The van der Waals surface area contributed by atoms with Gasteiger partial charge in [-0.1, -0.05) is 6.07 Å². The highest BCUT2D eigenvalue weighted by atomic mass is 16.4. The van der Waals surface area contributed by atoms with Crippen LogP contribution in [0, 0.1) is 6.92 Å². The smallest absolute Gasteiger partial charge is 0.328 e. The van der Waals surface area contributed by atoms with E-state index < -0.39 is 5.97 Å². The number of anilines is 1. The van der Waals surface area contributed by atoms with Crippen molar-refractivity contribution in [2.45, 2.75) is 6.92 Å². The maximum Gasteiger partial charge on any atom is 0.328 e. The van der Waals surface area contributed by atoms with Crippen molar-refractivity contribution in [3.05, 3.63) is 59.7 Å². The van der Waals surface area contributed by atoms with Crippen LogP contribution < -0.4 is 5.32 Å². The fourth-order valence-electron chi connectivity index (χ4n) is 1.62. The van der Waals surface area contributed by atoms with Crippen LogP contribution >= 0.6 is 0 Å². The molecule has 0 aliphatic heterocycles. The van der Waals surface area contributed by atoms with Gasteiger partial charge in [-0.15, -0.1) is 0 Å². The molecule has 0 aliphatic carbocycles. The zero-order valence-corrected chi connectivity index (χ0v) is 11.3. The van der Waals surface area contributed by atoms with Crippen LogP contribution in [0.5, 0.6) is 0 Å². The molecule has 1 amide bonds. The molecule has 2 heterocycles. The van der Waals surface area contributed by atoms with Crippen molar-refractivity contribution in [3.8, 4) is 0 Å². The number of hydrogen-bond acceptors (Lipinski definition) is 4. The summed E-state index contributed by atoms with van der Waals surface area (Å²) in [5.74, 6) is -1.38. The third-order valence-electron chi connectivity index (χ3n) is 2.59. The van der Waals surface area contributed by atoms with Crippen LogP contribution in [0.25, 0.3) is 6.08 Å². The summed E-state index contributed by atoms with van der Waals surface area (Å²) in [4.78, 5) is 30.4. The third-order valence-corrected chi connectivity index (χ3v) is 2.59. The number of aliphatic carboxylic acids is 1. The van der Waals surface area contributed by atoms with Gasteiger partial charge in [-0.25, -0.2) is 4.79 Å². The van der Waals surface area contributed by atoms with Crippen molar-refractivity contribution in [1.82, 2.24) is 9.97 Å². The molecule has 0 atom stereocenters. The van der Waals surface area contributed by atoms with Gasteiger partial charge in [0.15, 0.2) is 0 Å². The number of amides is 1. The van der Waals surface area contributed by atoms with Gasteiger partial charge in [0.2, 0.25) is 0 Å². The highest BCUT2D eigenvalue weighted by Crippen LogP contribution is 2.09. The number of carbonyl (C=O) groups excluding carboxylic acids is 1. The number of carbonyl (C=O) groups is 2. The number of aryl methyl sites for hydroxylation is 1. The molecule has 0 unspecified atom stereocenters. The number of carboxylic acid groups (broad SMARTS) is 1. The van der Waals surface area contributed by atoms with Crippen LogP contribution in [0.15, 0.2) is 42.7 Å². The van der Waals surface area contributed by atoms with Crippen LogP contribution in [-0.4, -0.2) is 27.0 Å². The average molecular weight is 283 g/mol. The number of carboxylic acids is 1. The topological polar surface area (TPSA) is 92.2 Å². The Labute approximate surface area is 121 Å². The molecule has 0 spiro atoms. The first-order chi connectivity index (χ1) is 10.0. The van der Waals surface area contributed by atoms with Gasteiger partial charge in [-0.3, -0.25) is 14.8 Å². The molecule has 6 nitrogen and oxygen atoms in total. The van der Waals surface area contributed by atoms with Crippen LogP contribution in [0.2, 0.25) is 0 Å². The predicted molar refractivity (Wildman–Crippen MR) is 77.8 cm³/mol. The van der Waals surface area contributed by atoms with Gasteiger partial charge in [0, 0.05) is 29.9 Å². The summed E-state index contributed by atoms with van der Waals surface area (Å²) in [5, 5.41) is 11.2. The minimum Gasteiger partial charge on any atom is -0.478 e. The molecule has 106 valence electrons. The van der Waals surface area contributed by atoms with Gasteiger partial charge in [-0.2, -0.15) is 0 Å². The number of aromatic nitrogens is 2. The number of pyridine rings is 2. The molecular formula is C15H13N3O3. The lowest BCUT2D eigenvalue weighted by Crippen LogP contribution is -2.13. The molecule has 2 aromatic rings. The lowest BCUT2D eigenvalue weighted by atomic mass is 10.2. The van der Waals surface area contributed by atoms with E-state index in [2.05, 4.69) is 15.3 Å². The molecule has 0 radical (unpaired) electrons. The molecule has 2 N–H and O–H groups in total. The monoisotopic (exact) mass is 283 g/mol. The first-order valence-electron chi connectivity index (χ1n) is 6.15. The van der Waals surface area contributed by atoms with Gasteiger partial charge >= 0.3 is 5.97 Å². The van der Waals surface area contributed by atoms with Gasteiger partial charge in [-0.05, 0) is 36.8 Å². The highest BCUT2D eigenvalue weighted by Gasteiger charge is 2.07. The Morgan fingerprint density at radius 1 is 1.24 bits per heavy atom. The zero-order chi connectivity index (χ0) is 15.2. The number of hydrogen-bond donors (Lipinski definition) is 2. The Morgan fingerprint density at radius 2 is 2.05 bits per heavy atom. The summed E-state index contributed by atoms with van der Waals surface area (Å²) in [6.07, 6.45) is 5.46. The van der Waals surface area contributed by atoms with Crippen molar-refractivity contribution in [2.75, 3.05) is 5.32 Å². The highest BCUT2D eigenvalue weighted by molar-refractivity contribution is 6.02. The van der Waals surface area contributed by atoms with E-state index in [4.69, 9.17) is 5.11 Å². The van der Waals surface area contributed by atoms with Crippen molar-refractivity contribution < 1.29 is 14.7 Å². The first kappa shape index (κ1) is 14.4. The summed E-state index contributed by atoms with van der Waals surface area (Å²) < 4.78 is 0. The van der Waals surface area contributed by atoms with Crippen LogP contribution in [-0.2, 0) is 4.79 Å². The third kappa shape index (κ3) is 4.24. The van der Waals surface area contributed by atoms with Crippen molar-refractivity contribution in [1.29, 1.82) is 0 Å². The molecule has 0 bridgehead atoms. The maximum absolute atomic E-state index is 12.0. The van der Waals surface area contributed by atoms with Crippen LogP contribution in [0.4, 0.5) is 5.69 Å². The van der Waals surface area contributed by atoms with Crippen LogP contribution in [0.1, 0.15) is 21.7 Å². The summed E-state index contributed by atoms with van der Waals surface area (Å²) >= 11 is 0. The van der Waals surface area contributed by atoms with E-state index in [1.165, 1.54) is 18.3 Å². The second kappa shape index (κ2) is 6.42. The molecule has 6 heteroatoms. The Hall–Kier alpha value is -3.02. The van der Waals surface area contributed by atoms with E-state index in [9.17, 15) is 9.59 Å². The summed E-state index contributed by atoms with van der Waals surface area (Å²) in [6, 6.07) is 6.60. The van der Waals surface area contributed by atoms with Crippen LogP contribution in [0.3, 0.4) is 0 Å². The van der Waals surface area contributed by atoms with Gasteiger partial charge < -0.3 is 10.4 Å². The second-order valence-corrected chi connectivity index (χ2v) is 4.29. The predicted octanol–water partition coefficient (Wildman–Crippen LogP) is 2.14. The molecule has 0 saturated heterocycles. The second-order valence-electron chi connectivity index (χ2n) is 4.29. The number of nitrogens with one attached hydrogen (secondary N) is 1. The van der Waals surface area contributed by atoms with E-state index in [-0.39, 0.29) is 11.6 Å². The normalized spacial score (nSPS) is 10.5. The number of nitrogens with zero attached hydrogens (tertiary/aromatic N) is 2. The maximum atomic E-state index is 12.0. The molecule has 0 fully saturated rings. The van der Waals surface area contributed by atoms with E-state index in [1.54, 1.807) is 24.4 Å². The van der Waals surface area contributed by atoms with Gasteiger partial charge in [0.05, 0.1) is 0 Å². The molecule has 2 rings (SSSR count). The van der Waals surface area contributed by atoms with Crippen molar-refractivity contribution >= 4 is 23.6 Å². The van der Waals surface area contributed by atoms with E-state index >= 15 is 0 Å². The van der Waals surface area contributed by atoms with Gasteiger partial charge in [0.1, 0.15) is 5.69 Å². The Kier molecular flexibility index (Phi) is 4.40. The lowest BCUT2D eigenvalue weighted by molar-refractivity contribution is -0.131. The summed E-state index contributed by atoms with van der Waals surface area (Å²) in [6.45, 7) is 1.83. The van der Waals surface area contributed by atoms with Crippen molar-refractivity contribution in [2.24, 2.45) is 0 Å². The zero-order valence-electron chi connectivity index (χ0n) is 11.3. The largest absolute Gasteiger partial charge is 0.478 e. The molecule has 0 aromatic carbocycles. The summed E-state index contributed by atoms with van der Waals surface area (Å²) in [5.41, 5.74) is 2.30. The van der Waals surface area contributed by atoms with Crippen molar-refractivity contribution in [3.63, 3.8) is 0 Å². The Bertz CT molecular complexity index is 694. The quantitative estimate of drug-likeness (QED) is 0.839. The molecule has 0 saturated carbocycles. The standard InChI is InChI=1S/C15H13N3O3/c1-10-8-12(6-7-16-10)18-15(21)13-4-2-11(9-17-13)3-5-14(19)20/h2-9H,1H3,(H,19,20)(H,16,18,21). The Morgan fingerprint density at radius 3 is 2.67 bits per heavy atom. The van der Waals surface area contributed by atoms with E-state index in [1.807, 2.05) is 6.92 Å². The fraction of sp³-hybridized carbons (Fsp3) is 0.0667. The molecule has 21 heavy (non-hydrogen) atoms. The van der Waals surface area contributed by atoms with Gasteiger partial charge in [0.25, 0.3) is 5.91 Å². The first-order valence-corrected chi connectivity index (χ1v) is 6.15. The average Bonchev–Trinajstić information content (AvgIpc) is 2.45. The minimum atomic E-state index is -1.04. The number of rotatable bonds is 4. The lowest BCUT2D eigenvalue weighted by Gasteiger charge is -2.05. The molecule has 2 aromatic heterocycles. The van der Waals surface area contributed by atoms with E-state index in [0.29, 0.717) is 11.3 Å². The SMILES string of the molecule is Cc1cc(NC(=O)c2ccc(C=CC(=O)O)cn2)ccn1. The molecular weight excluding hydrogens is 270 g/mol. The minimum absolute atomic E-state index is 0.247. The van der Waals surface area contributed by atoms with E-state index in [0.717, 1.165) is 11.8 Å². The fourth-order valence-corrected chi connectivity index (χ4v) is 1.62. The molecule has 0 aliphatic rings.